The lowest BCUT2D eigenvalue weighted by Crippen LogP contribution is -2.23. The average Bonchev–Trinajstić information content (AvgIpc) is 2.02. The van der Waals surface area contributed by atoms with Gasteiger partial charge in [-0.1, -0.05) is 6.92 Å². The lowest BCUT2D eigenvalue weighted by atomic mass is 10.3. The third-order valence-corrected chi connectivity index (χ3v) is 1.48. The van der Waals surface area contributed by atoms with Gasteiger partial charge in [0, 0.05) is 6.54 Å². The van der Waals surface area contributed by atoms with Crippen LogP contribution in [-0.2, 0) is 0 Å². The Labute approximate surface area is 73.3 Å². The molecule has 0 saturated heterocycles. The minimum atomic E-state index is -0.934. The fourth-order valence-corrected chi connectivity index (χ4v) is 0.872. The molecule has 0 fully saturated rings. The third kappa shape index (κ3) is 9.23. The summed E-state index contributed by atoms with van der Waals surface area (Å²) in [5, 5.41) is 13.8. The molecule has 0 aromatic carbocycles. The van der Waals surface area contributed by atoms with E-state index in [1.807, 2.05) is 0 Å². The highest BCUT2D eigenvalue weighted by Crippen LogP contribution is 1.84. The van der Waals surface area contributed by atoms with Crippen molar-refractivity contribution in [1.29, 1.82) is 0 Å². The largest absolute Gasteiger partial charge is 0.465 e. The summed E-state index contributed by atoms with van der Waals surface area (Å²) < 4.78 is 0. The van der Waals surface area contributed by atoms with E-state index in [2.05, 4.69) is 17.6 Å². The monoisotopic (exact) mass is 174 g/mol. The van der Waals surface area contributed by atoms with Crippen LogP contribution < -0.4 is 10.6 Å². The van der Waals surface area contributed by atoms with Gasteiger partial charge in [0.15, 0.2) is 0 Å². The molecule has 0 heterocycles. The van der Waals surface area contributed by atoms with Crippen molar-refractivity contribution in [1.82, 2.24) is 10.6 Å². The molecule has 0 aromatic heterocycles. The van der Waals surface area contributed by atoms with Crippen molar-refractivity contribution in [2.75, 3.05) is 19.6 Å². The first-order valence-electron chi connectivity index (χ1n) is 4.45. The molecule has 0 aliphatic carbocycles. The molecule has 4 nitrogen and oxygen atoms in total. The molecule has 0 aliphatic rings. The first kappa shape index (κ1) is 11.2. The second-order valence-electron chi connectivity index (χ2n) is 2.69. The molecule has 0 aliphatic heterocycles. The normalized spacial score (nSPS) is 9.75. The van der Waals surface area contributed by atoms with Crippen molar-refractivity contribution >= 4 is 6.09 Å². The van der Waals surface area contributed by atoms with E-state index in [0.29, 0.717) is 6.54 Å². The van der Waals surface area contributed by atoms with Crippen LogP contribution in [-0.4, -0.2) is 30.8 Å². The average molecular weight is 174 g/mol. The summed E-state index contributed by atoms with van der Waals surface area (Å²) in [5.74, 6) is 0. The van der Waals surface area contributed by atoms with E-state index >= 15 is 0 Å². The van der Waals surface area contributed by atoms with Crippen LogP contribution in [0.4, 0.5) is 4.79 Å². The first-order valence-corrected chi connectivity index (χ1v) is 4.45. The molecular weight excluding hydrogens is 156 g/mol. The van der Waals surface area contributed by atoms with Gasteiger partial charge in [-0.05, 0) is 32.4 Å². The zero-order valence-corrected chi connectivity index (χ0v) is 7.60. The Hall–Kier alpha value is -0.770. The maximum Gasteiger partial charge on any atom is 0.404 e. The molecule has 0 aromatic rings. The smallest absolute Gasteiger partial charge is 0.404 e. The van der Waals surface area contributed by atoms with Crippen LogP contribution in [0.25, 0.3) is 0 Å². The second-order valence-corrected chi connectivity index (χ2v) is 2.69. The topological polar surface area (TPSA) is 61.4 Å². The van der Waals surface area contributed by atoms with Gasteiger partial charge in [-0.3, -0.25) is 0 Å². The summed E-state index contributed by atoms with van der Waals surface area (Å²) in [4.78, 5) is 10.0. The number of hydrogen-bond donors (Lipinski definition) is 3. The fourth-order valence-electron chi connectivity index (χ4n) is 0.872. The second kappa shape index (κ2) is 8.33. The molecule has 0 saturated carbocycles. The van der Waals surface area contributed by atoms with E-state index in [1.165, 1.54) is 0 Å². The van der Waals surface area contributed by atoms with Crippen molar-refractivity contribution in [2.45, 2.75) is 26.2 Å². The predicted molar refractivity (Wildman–Crippen MR) is 48.4 cm³/mol. The molecule has 0 atom stereocenters. The van der Waals surface area contributed by atoms with Crippen molar-refractivity contribution in [3.63, 3.8) is 0 Å². The summed E-state index contributed by atoms with van der Waals surface area (Å²) in [5.41, 5.74) is 0. The highest BCUT2D eigenvalue weighted by Gasteiger charge is 1.92. The van der Waals surface area contributed by atoms with Crippen LogP contribution in [0.15, 0.2) is 0 Å². The zero-order valence-electron chi connectivity index (χ0n) is 7.60. The van der Waals surface area contributed by atoms with Gasteiger partial charge in [-0.15, -0.1) is 0 Å². The van der Waals surface area contributed by atoms with E-state index in [4.69, 9.17) is 5.11 Å². The highest BCUT2D eigenvalue weighted by atomic mass is 16.4. The minimum absolute atomic E-state index is 0.559. The molecule has 0 unspecified atom stereocenters. The Balaban J connectivity index is 2.86. The van der Waals surface area contributed by atoms with Crippen molar-refractivity contribution in [3.8, 4) is 0 Å². The number of hydrogen-bond acceptors (Lipinski definition) is 2. The number of carbonyl (C=O) groups is 1. The van der Waals surface area contributed by atoms with Crippen LogP contribution in [0.5, 0.6) is 0 Å². The molecule has 3 N–H and O–H groups in total. The summed E-state index contributed by atoms with van der Waals surface area (Å²) in [7, 11) is 0. The highest BCUT2D eigenvalue weighted by molar-refractivity contribution is 5.64. The van der Waals surface area contributed by atoms with Crippen LogP contribution in [0.1, 0.15) is 26.2 Å². The zero-order chi connectivity index (χ0) is 9.23. The van der Waals surface area contributed by atoms with E-state index in [9.17, 15) is 4.79 Å². The summed E-state index contributed by atoms with van der Waals surface area (Å²) >= 11 is 0. The molecule has 0 radical (unpaired) electrons. The lowest BCUT2D eigenvalue weighted by molar-refractivity contribution is 0.194. The van der Waals surface area contributed by atoms with Gasteiger partial charge >= 0.3 is 6.09 Å². The van der Waals surface area contributed by atoms with Crippen LogP contribution >= 0.6 is 0 Å². The Morgan fingerprint density at radius 3 is 2.50 bits per heavy atom. The molecule has 12 heavy (non-hydrogen) atoms. The summed E-state index contributed by atoms with van der Waals surface area (Å²) in [6, 6.07) is 0. The molecule has 72 valence electrons. The SMILES string of the molecule is CCCNCCCCNC(=O)O. The van der Waals surface area contributed by atoms with Crippen molar-refractivity contribution in [3.05, 3.63) is 0 Å². The molecule has 0 rings (SSSR count). The molecule has 4 heteroatoms. The van der Waals surface area contributed by atoms with Gasteiger partial charge in [0.05, 0.1) is 0 Å². The third-order valence-electron chi connectivity index (χ3n) is 1.48. The van der Waals surface area contributed by atoms with E-state index in [-0.39, 0.29) is 0 Å². The molecule has 0 spiro atoms. The first-order chi connectivity index (χ1) is 5.77. The van der Waals surface area contributed by atoms with Gasteiger partial charge in [0.25, 0.3) is 0 Å². The molecule has 0 bridgehead atoms. The maximum atomic E-state index is 10.0. The van der Waals surface area contributed by atoms with Crippen LogP contribution in [0.2, 0.25) is 0 Å². The van der Waals surface area contributed by atoms with Gasteiger partial charge in [0.1, 0.15) is 0 Å². The number of nitrogens with one attached hydrogen (secondary N) is 2. The quantitative estimate of drug-likeness (QED) is 0.505. The van der Waals surface area contributed by atoms with Crippen LogP contribution in [0.3, 0.4) is 0 Å². The van der Waals surface area contributed by atoms with E-state index in [0.717, 1.165) is 32.4 Å². The number of unbranched alkanes of at least 4 members (excludes halogenated alkanes) is 1. The summed E-state index contributed by atoms with van der Waals surface area (Å²) in [6.45, 7) is 4.71. The van der Waals surface area contributed by atoms with Gasteiger partial charge in [-0.25, -0.2) is 4.79 Å². The number of carboxylic acid groups (broad SMARTS) is 1. The number of amides is 1. The Bertz CT molecular complexity index is 118. The Kier molecular flexibility index (Phi) is 7.79. The van der Waals surface area contributed by atoms with Crippen molar-refractivity contribution in [2.24, 2.45) is 0 Å². The molecule has 1 amide bonds. The minimum Gasteiger partial charge on any atom is -0.465 e. The van der Waals surface area contributed by atoms with E-state index in [1.54, 1.807) is 0 Å². The van der Waals surface area contributed by atoms with Gasteiger partial charge in [-0.2, -0.15) is 0 Å². The maximum absolute atomic E-state index is 10.0. The van der Waals surface area contributed by atoms with Crippen LogP contribution in [0, 0.1) is 0 Å². The van der Waals surface area contributed by atoms with Gasteiger partial charge in [0.2, 0.25) is 0 Å². The lowest BCUT2D eigenvalue weighted by Gasteiger charge is -2.02. The predicted octanol–water partition coefficient (Wildman–Crippen LogP) is 1.03. The standard InChI is InChI=1S/C8H18N2O2/c1-2-5-9-6-3-4-7-10-8(11)12/h9-10H,2-7H2,1H3,(H,11,12). The van der Waals surface area contributed by atoms with Gasteiger partial charge < -0.3 is 15.7 Å². The summed E-state index contributed by atoms with van der Waals surface area (Å²) in [6.07, 6.45) is 2.15. The van der Waals surface area contributed by atoms with Crippen molar-refractivity contribution < 1.29 is 9.90 Å². The fraction of sp³-hybridized carbons (Fsp3) is 0.875. The Morgan fingerprint density at radius 2 is 1.92 bits per heavy atom. The Morgan fingerprint density at radius 1 is 1.25 bits per heavy atom. The molecular formula is C8H18N2O2. The number of rotatable bonds is 7. The van der Waals surface area contributed by atoms with E-state index < -0.39 is 6.09 Å².